The van der Waals surface area contributed by atoms with Crippen molar-refractivity contribution in [1.82, 2.24) is 0 Å². The minimum atomic E-state index is 0. The van der Waals surface area contributed by atoms with E-state index >= 15 is 0 Å². The van der Waals surface area contributed by atoms with Gasteiger partial charge in [-0.3, -0.25) is 0 Å². The van der Waals surface area contributed by atoms with Crippen molar-refractivity contribution in [3.8, 4) is 5.75 Å². The molecule has 0 unspecified atom stereocenters. The quantitative estimate of drug-likeness (QED) is 0.727. The first kappa shape index (κ1) is 12.4. The van der Waals surface area contributed by atoms with E-state index in [0.717, 1.165) is 5.56 Å². The van der Waals surface area contributed by atoms with Gasteiger partial charge in [-0.15, -0.1) is 12.1 Å². The van der Waals surface area contributed by atoms with Gasteiger partial charge in [0.05, 0.1) is 0 Å². The minimum absolute atomic E-state index is 0. The molecule has 0 saturated heterocycles. The standard InChI is InChI=1S/C7H7O.CH3.W/c1-6-2-4-7(8)5-3-6;;/h2-4,8H,1H3;1H3;/q2*-1;+2. The van der Waals surface area contributed by atoms with Crippen molar-refractivity contribution in [2.45, 2.75) is 6.92 Å². The second-order valence-electron chi connectivity index (χ2n) is 1.75. The third kappa shape index (κ3) is 3.68. The van der Waals surface area contributed by atoms with Gasteiger partial charge in [-0.25, -0.2) is 0 Å². The molecule has 1 N–H and O–H groups in total. The van der Waals surface area contributed by atoms with Gasteiger partial charge in [-0.1, -0.05) is 6.92 Å². The average Bonchev–Trinajstić information content (AvgIpc) is 1.77. The SMILES string of the molecule is Cc1c[c-]c(O)cc1.[CH3-].[W+2]. The Balaban J connectivity index is 0. The summed E-state index contributed by atoms with van der Waals surface area (Å²) in [6.45, 7) is 1.95. The molecule has 0 saturated carbocycles. The van der Waals surface area contributed by atoms with Crippen molar-refractivity contribution in [3.05, 3.63) is 37.3 Å². The molecule has 0 fully saturated rings. The second kappa shape index (κ2) is 5.49. The molecule has 0 aliphatic rings. The van der Waals surface area contributed by atoms with Gasteiger partial charge in [0.1, 0.15) is 0 Å². The molecule has 0 aliphatic heterocycles. The average molecular weight is 306 g/mol. The fourth-order valence-electron chi connectivity index (χ4n) is 0.494. The summed E-state index contributed by atoms with van der Waals surface area (Å²) in [4.78, 5) is 0. The monoisotopic (exact) mass is 306 g/mol. The third-order valence-corrected chi connectivity index (χ3v) is 0.952. The van der Waals surface area contributed by atoms with Crippen molar-refractivity contribution in [2.24, 2.45) is 0 Å². The first-order valence-electron chi connectivity index (χ1n) is 2.46. The summed E-state index contributed by atoms with van der Waals surface area (Å²) in [6.07, 6.45) is 0. The van der Waals surface area contributed by atoms with E-state index in [1.165, 1.54) is 0 Å². The predicted octanol–water partition coefficient (Wildman–Crippen LogP) is 1.95. The van der Waals surface area contributed by atoms with Crippen LogP contribution in [0.2, 0.25) is 0 Å². The number of aromatic hydroxyl groups is 1. The summed E-state index contributed by atoms with van der Waals surface area (Å²) >= 11 is 0. The molecule has 1 aromatic rings. The van der Waals surface area contributed by atoms with Crippen molar-refractivity contribution >= 4 is 0 Å². The Morgan fingerprint density at radius 2 is 2.00 bits per heavy atom. The molecule has 1 rings (SSSR count). The molecule has 54 valence electrons. The summed E-state index contributed by atoms with van der Waals surface area (Å²) in [5.74, 6) is 0.204. The maximum Gasteiger partial charge on any atom is 2.00 e. The zero-order valence-electron chi connectivity index (χ0n) is 6.09. The topological polar surface area (TPSA) is 20.2 Å². The Hall–Kier alpha value is -0.292. The third-order valence-electron chi connectivity index (χ3n) is 0.952. The smallest absolute Gasteiger partial charge is 0.534 e. The van der Waals surface area contributed by atoms with E-state index in [2.05, 4.69) is 6.07 Å². The molecule has 0 aromatic heterocycles. The van der Waals surface area contributed by atoms with Crippen molar-refractivity contribution in [1.29, 1.82) is 0 Å². The van der Waals surface area contributed by atoms with Gasteiger partial charge in [0.2, 0.25) is 0 Å². The van der Waals surface area contributed by atoms with Crippen LogP contribution in [0.4, 0.5) is 0 Å². The molecule has 1 aromatic carbocycles. The van der Waals surface area contributed by atoms with Crippen LogP contribution in [0.25, 0.3) is 0 Å². The number of phenolic OH excluding ortho intramolecular Hbond substituents is 1. The van der Waals surface area contributed by atoms with Gasteiger partial charge in [-0.05, 0) is 0 Å². The van der Waals surface area contributed by atoms with E-state index in [1.807, 2.05) is 13.0 Å². The number of hydrogen-bond donors (Lipinski definition) is 1. The second-order valence-corrected chi connectivity index (χ2v) is 1.75. The molecule has 0 spiro atoms. The van der Waals surface area contributed by atoms with Gasteiger partial charge in [0, 0.05) is 5.75 Å². The molecule has 0 radical (unpaired) electrons. The maximum atomic E-state index is 8.70. The van der Waals surface area contributed by atoms with Crippen LogP contribution in [0.15, 0.2) is 18.2 Å². The predicted molar refractivity (Wildman–Crippen MR) is 38.1 cm³/mol. The Kier molecular flexibility index (Phi) is 6.80. The van der Waals surface area contributed by atoms with Gasteiger partial charge in [0.15, 0.2) is 0 Å². The van der Waals surface area contributed by atoms with Gasteiger partial charge >= 0.3 is 21.1 Å². The van der Waals surface area contributed by atoms with Gasteiger partial charge in [-0.2, -0.15) is 17.7 Å². The Bertz CT molecular complexity index is 148. The summed E-state index contributed by atoms with van der Waals surface area (Å²) in [6, 6.07) is 7.86. The van der Waals surface area contributed by atoms with E-state index in [1.54, 1.807) is 12.1 Å². The minimum Gasteiger partial charge on any atom is -0.534 e. The molecule has 0 amide bonds. The Labute approximate surface area is 76.3 Å². The van der Waals surface area contributed by atoms with Crippen LogP contribution in [-0.4, -0.2) is 5.11 Å². The normalized spacial score (nSPS) is 7.30. The summed E-state index contributed by atoms with van der Waals surface area (Å²) in [7, 11) is 0. The van der Waals surface area contributed by atoms with Crippen LogP contribution >= 0.6 is 0 Å². The molecule has 0 aliphatic carbocycles. The summed E-state index contributed by atoms with van der Waals surface area (Å²) in [5.41, 5.74) is 1.11. The number of benzene rings is 1. The van der Waals surface area contributed by atoms with E-state index < -0.39 is 0 Å². The molecule has 0 atom stereocenters. The fraction of sp³-hybridized carbons (Fsp3) is 0.125. The van der Waals surface area contributed by atoms with Crippen LogP contribution in [0.5, 0.6) is 5.75 Å². The van der Waals surface area contributed by atoms with E-state index in [-0.39, 0.29) is 34.2 Å². The Morgan fingerprint density at radius 1 is 1.40 bits per heavy atom. The molecular weight excluding hydrogens is 296 g/mol. The molecule has 1 nitrogen and oxygen atoms in total. The number of phenols is 1. The first-order chi connectivity index (χ1) is 3.79. The number of rotatable bonds is 0. The first-order valence-corrected chi connectivity index (χ1v) is 2.46. The zero-order chi connectivity index (χ0) is 5.98. The van der Waals surface area contributed by atoms with Gasteiger partial charge in [0.25, 0.3) is 0 Å². The largest absolute Gasteiger partial charge is 2.00 e. The molecule has 0 heterocycles. The number of aryl methyl sites for hydroxylation is 1. The van der Waals surface area contributed by atoms with Crippen molar-refractivity contribution in [2.75, 3.05) is 0 Å². The van der Waals surface area contributed by atoms with Crippen LogP contribution in [0, 0.1) is 20.4 Å². The summed E-state index contributed by atoms with van der Waals surface area (Å²) in [5, 5.41) is 8.70. The number of hydrogen-bond acceptors (Lipinski definition) is 1. The van der Waals surface area contributed by atoms with E-state index in [9.17, 15) is 0 Å². The molecule has 2 heteroatoms. The van der Waals surface area contributed by atoms with E-state index in [4.69, 9.17) is 5.11 Å². The molecule has 0 bridgehead atoms. The maximum absolute atomic E-state index is 8.70. The zero-order valence-corrected chi connectivity index (χ0v) is 9.02. The van der Waals surface area contributed by atoms with Crippen molar-refractivity contribution < 1.29 is 26.2 Å². The van der Waals surface area contributed by atoms with Gasteiger partial charge < -0.3 is 12.5 Å². The molecule has 10 heavy (non-hydrogen) atoms. The van der Waals surface area contributed by atoms with Crippen LogP contribution in [0.1, 0.15) is 5.56 Å². The summed E-state index contributed by atoms with van der Waals surface area (Å²) < 4.78 is 0. The molecular formula is C8H10OW. The van der Waals surface area contributed by atoms with Crippen LogP contribution in [0.3, 0.4) is 0 Å². The van der Waals surface area contributed by atoms with E-state index in [0.29, 0.717) is 0 Å². The Morgan fingerprint density at radius 3 is 2.30 bits per heavy atom. The van der Waals surface area contributed by atoms with Crippen LogP contribution < -0.4 is 0 Å². The van der Waals surface area contributed by atoms with Crippen molar-refractivity contribution in [3.63, 3.8) is 0 Å². The fourth-order valence-corrected chi connectivity index (χ4v) is 0.494. The van der Waals surface area contributed by atoms with Crippen LogP contribution in [-0.2, 0) is 21.1 Å².